The average molecular weight is 167 g/mol. The smallest absolute Gasteiger partial charge is 0.194 e. The van der Waals surface area contributed by atoms with Gasteiger partial charge in [0.1, 0.15) is 0 Å². The Bertz CT molecular complexity index is 273. The van der Waals surface area contributed by atoms with Crippen molar-refractivity contribution in [1.82, 2.24) is 20.2 Å². The molecule has 1 heterocycles. The molecule has 2 N–H and O–H groups in total. The molecule has 0 aliphatic heterocycles. The van der Waals surface area contributed by atoms with Crippen molar-refractivity contribution < 1.29 is 0 Å². The van der Waals surface area contributed by atoms with Crippen LogP contribution >= 0.6 is 0 Å². The lowest BCUT2D eigenvalue weighted by Gasteiger charge is -2.17. The van der Waals surface area contributed by atoms with Gasteiger partial charge >= 0.3 is 0 Å². The van der Waals surface area contributed by atoms with Crippen molar-refractivity contribution in [3.8, 4) is 0 Å². The number of hydrogen-bond acceptors (Lipinski definition) is 4. The second-order valence-corrected chi connectivity index (χ2v) is 3.47. The summed E-state index contributed by atoms with van der Waals surface area (Å²) >= 11 is 0. The summed E-state index contributed by atoms with van der Waals surface area (Å²) in [5, 5.41) is 11.9. The zero-order valence-corrected chi connectivity index (χ0v) is 7.19. The van der Waals surface area contributed by atoms with E-state index in [0.717, 1.165) is 12.8 Å². The number of tetrazole rings is 1. The predicted octanol–water partition coefficient (Wildman–Crippen LogP) is -0.0619. The maximum atomic E-state index is 6.12. The summed E-state index contributed by atoms with van der Waals surface area (Å²) in [6.45, 7) is 0. The summed E-state index contributed by atoms with van der Waals surface area (Å²) in [6.07, 6.45) is 4.32. The van der Waals surface area contributed by atoms with E-state index in [-0.39, 0.29) is 5.54 Å². The van der Waals surface area contributed by atoms with Gasteiger partial charge in [-0.1, -0.05) is 12.8 Å². The Kier molecular flexibility index (Phi) is 1.61. The summed E-state index contributed by atoms with van der Waals surface area (Å²) in [6, 6.07) is 0. The zero-order valence-electron chi connectivity index (χ0n) is 7.19. The Labute approximate surface area is 70.9 Å². The van der Waals surface area contributed by atoms with Crippen molar-refractivity contribution in [2.75, 3.05) is 0 Å². The van der Waals surface area contributed by atoms with Gasteiger partial charge in [0.15, 0.2) is 5.82 Å². The molecule has 1 aromatic rings. The molecular formula is C7H13N5. The topological polar surface area (TPSA) is 69.6 Å². The molecular weight excluding hydrogens is 154 g/mol. The molecule has 0 radical (unpaired) electrons. The first kappa shape index (κ1) is 7.67. The van der Waals surface area contributed by atoms with Gasteiger partial charge in [-0.15, -0.1) is 10.2 Å². The van der Waals surface area contributed by atoms with E-state index >= 15 is 0 Å². The maximum absolute atomic E-state index is 6.12. The van der Waals surface area contributed by atoms with Crippen LogP contribution in [0, 0.1) is 0 Å². The van der Waals surface area contributed by atoms with E-state index in [2.05, 4.69) is 15.4 Å². The Morgan fingerprint density at radius 3 is 2.58 bits per heavy atom. The van der Waals surface area contributed by atoms with Crippen LogP contribution in [0.25, 0.3) is 0 Å². The SMILES string of the molecule is Cn1nnc(C2(N)CCCC2)n1. The van der Waals surface area contributed by atoms with Crippen LogP contribution in [0.5, 0.6) is 0 Å². The Balaban J connectivity index is 2.28. The van der Waals surface area contributed by atoms with E-state index in [1.807, 2.05) is 0 Å². The summed E-state index contributed by atoms with van der Waals surface area (Å²) in [7, 11) is 1.76. The molecule has 5 heteroatoms. The van der Waals surface area contributed by atoms with Gasteiger partial charge in [-0.2, -0.15) is 4.80 Å². The lowest BCUT2D eigenvalue weighted by atomic mass is 9.99. The minimum absolute atomic E-state index is 0.297. The Morgan fingerprint density at radius 2 is 2.08 bits per heavy atom. The van der Waals surface area contributed by atoms with Gasteiger partial charge in [-0.25, -0.2) is 0 Å². The fourth-order valence-corrected chi connectivity index (χ4v) is 1.71. The molecule has 0 aromatic carbocycles. The van der Waals surface area contributed by atoms with Crippen LogP contribution in [-0.2, 0) is 12.6 Å². The highest BCUT2D eigenvalue weighted by molar-refractivity contribution is 5.03. The van der Waals surface area contributed by atoms with Crippen LogP contribution in [-0.4, -0.2) is 20.2 Å². The molecule has 1 saturated carbocycles. The standard InChI is InChI=1S/C7H13N5/c1-12-10-6(9-11-12)7(8)4-2-3-5-7/h2-5,8H2,1H3. The fraction of sp³-hybridized carbons (Fsp3) is 0.857. The van der Waals surface area contributed by atoms with E-state index < -0.39 is 0 Å². The molecule has 66 valence electrons. The zero-order chi connectivity index (χ0) is 8.60. The molecule has 0 unspecified atom stereocenters. The lowest BCUT2D eigenvalue weighted by Crippen LogP contribution is -2.34. The van der Waals surface area contributed by atoms with Crippen LogP contribution in [0.3, 0.4) is 0 Å². The minimum Gasteiger partial charge on any atom is -0.319 e. The predicted molar refractivity (Wildman–Crippen MR) is 43.1 cm³/mol. The highest BCUT2D eigenvalue weighted by atomic mass is 15.6. The maximum Gasteiger partial charge on any atom is 0.194 e. The minimum atomic E-state index is -0.297. The number of nitrogens with zero attached hydrogens (tertiary/aromatic N) is 4. The van der Waals surface area contributed by atoms with E-state index in [4.69, 9.17) is 5.73 Å². The first-order valence-electron chi connectivity index (χ1n) is 4.24. The molecule has 5 nitrogen and oxygen atoms in total. The molecule has 0 spiro atoms. The van der Waals surface area contributed by atoms with Crippen molar-refractivity contribution in [1.29, 1.82) is 0 Å². The van der Waals surface area contributed by atoms with E-state index in [9.17, 15) is 0 Å². The number of hydrogen-bond donors (Lipinski definition) is 1. The van der Waals surface area contributed by atoms with E-state index in [0.29, 0.717) is 5.82 Å². The third-order valence-corrected chi connectivity index (χ3v) is 2.45. The van der Waals surface area contributed by atoms with Crippen LogP contribution in [0.15, 0.2) is 0 Å². The van der Waals surface area contributed by atoms with Gasteiger partial charge in [0.05, 0.1) is 12.6 Å². The van der Waals surface area contributed by atoms with Gasteiger partial charge in [0.2, 0.25) is 0 Å². The number of rotatable bonds is 1. The first-order chi connectivity index (χ1) is 5.71. The number of nitrogens with two attached hydrogens (primary N) is 1. The second-order valence-electron chi connectivity index (χ2n) is 3.47. The molecule has 0 amide bonds. The first-order valence-corrected chi connectivity index (χ1v) is 4.24. The van der Waals surface area contributed by atoms with Crippen LogP contribution in [0.1, 0.15) is 31.5 Å². The largest absolute Gasteiger partial charge is 0.319 e. The van der Waals surface area contributed by atoms with Gasteiger partial charge in [-0.05, 0) is 18.1 Å². The van der Waals surface area contributed by atoms with Crippen molar-refractivity contribution in [2.24, 2.45) is 12.8 Å². The van der Waals surface area contributed by atoms with E-state index in [1.54, 1.807) is 7.05 Å². The monoisotopic (exact) mass is 167 g/mol. The molecule has 1 fully saturated rings. The van der Waals surface area contributed by atoms with Gasteiger partial charge in [0.25, 0.3) is 0 Å². The van der Waals surface area contributed by atoms with Crippen molar-refractivity contribution in [3.05, 3.63) is 5.82 Å². The molecule has 0 saturated heterocycles. The molecule has 1 aliphatic rings. The molecule has 0 atom stereocenters. The fourth-order valence-electron chi connectivity index (χ4n) is 1.71. The Morgan fingerprint density at radius 1 is 1.42 bits per heavy atom. The summed E-state index contributed by atoms with van der Waals surface area (Å²) in [5.74, 6) is 0.697. The third-order valence-electron chi connectivity index (χ3n) is 2.45. The number of aromatic nitrogens is 4. The van der Waals surface area contributed by atoms with Gasteiger partial charge in [0, 0.05) is 0 Å². The second kappa shape index (κ2) is 2.52. The molecule has 2 rings (SSSR count). The summed E-state index contributed by atoms with van der Waals surface area (Å²) in [4.78, 5) is 1.46. The lowest BCUT2D eigenvalue weighted by molar-refractivity contribution is 0.429. The third kappa shape index (κ3) is 1.10. The highest BCUT2D eigenvalue weighted by Gasteiger charge is 2.35. The van der Waals surface area contributed by atoms with Gasteiger partial charge in [-0.3, -0.25) is 0 Å². The number of aryl methyl sites for hydroxylation is 1. The molecule has 0 bridgehead atoms. The Hall–Kier alpha value is -0.970. The molecule has 1 aliphatic carbocycles. The highest BCUT2D eigenvalue weighted by Crippen LogP contribution is 2.33. The normalized spacial score (nSPS) is 21.5. The van der Waals surface area contributed by atoms with Crippen molar-refractivity contribution in [3.63, 3.8) is 0 Å². The van der Waals surface area contributed by atoms with Crippen molar-refractivity contribution in [2.45, 2.75) is 31.2 Å². The van der Waals surface area contributed by atoms with Crippen molar-refractivity contribution >= 4 is 0 Å². The quantitative estimate of drug-likeness (QED) is 0.636. The van der Waals surface area contributed by atoms with Crippen LogP contribution < -0.4 is 5.73 Å². The molecule has 12 heavy (non-hydrogen) atoms. The van der Waals surface area contributed by atoms with Crippen LogP contribution in [0.4, 0.5) is 0 Å². The summed E-state index contributed by atoms with van der Waals surface area (Å²) in [5.41, 5.74) is 5.82. The average Bonchev–Trinajstić information content (AvgIpc) is 2.59. The van der Waals surface area contributed by atoms with E-state index in [1.165, 1.54) is 17.6 Å². The molecule has 1 aromatic heterocycles. The summed E-state index contributed by atoms with van der Waals surface area (Å²) < 4.78 is 0. The van der Waals surface area contributed by atoms with Crippen LogP contribution in [0.2, 0.25) is 0 Å². The van der Waals surface area contributed by atoms with Gasteiger partial charge < -0.3 is 5.73 Å².